The molecule has 166 valence electrons. The minimum atomic E-state index is -1.29. The van der Waals surface area contributed by atoms with E-state index >= 15 is 0 Å². The Kier molecular flexibility index (Phi) is 11.3. The molecule has 1 aromatic carbocycles. The molecule has 0 saturated carbocycles. The molecule has 1 rings (SSSR count). The zero-order chi connectivity index (χ0) is 23.4. The van der Waals surface area contributed by atoms with Crippen LogP contribution in [0, 0.1) is 6.13 Å². The quantitative estimate of drug-likeness (QED) is 0.130. The Labute approximate surface area is 186 Å². The number of carbonyl (C=O) groups excluding carboxylic acids is 3. The Bertz CT molecular complexity index is 884. The molecule has 10 nitrogen and oxygen atoms in total. The third kappa shape index (κ3) is 9.56. The average molecular weight is 484 g/mol. The summed E-state index contributed by atoms with van der Waals surface area (Å²) in [5.74, 6) is -1.16. The second-order valence-corrected chi connectivity index (χ2v) is 7.87. The molecular formula is C18H25N5O5P3+. The van der Waals surface area contributed by atoms with Gasteiger partial charge in [-0.2, -0.15) is 0 Å². The number of nitrogens with one attached hydrogen (secondary N) is 3. The van der Waals surface area contributed by atoms with Crippen LogP contribution in [0.5, 0.6) is 5.75 Å². The van der Waals surface area contributed by atoms with Crippen molar-refractivity contribution in [3.05, 3.63) is 24.3 Å². The van der Waals surface area contributed by atoms with Crippen LogP contribution in [0.1, 0.15) is 26.7 Å². The van der Waals surface area contributed by atoms with Crippen molar-refractivity contribution in [2.24, 2.45) is 10.5 Å². The Morgan fingerprint density at radius 3 is 2.55 bits per heavy atom. The number of hydrogen-bond donors (Lipinski definition) is 4. The van der Waals surface area contributed by atoms with Gasteiger partial charge in [0.15, 0.2) is 0 Å². The number of amides is 1. The van der Waals surface area contributed by atoms with E-state index < -0.39 is 29.4 Å². The van der Waals surface area contributed by atoms with Crippen LogP contribution in [0.3, 0.4) is 0 Å². The summed E-state index contributed by atoms with van der Waals surface area (Å²) in [5.41, 5.74) is 4.95. The molecule has 0 radical (unpaired) electrons. The second-order valence-electron chi connectivity index (χ2n) is 6.63. The van der Waals surface area contributed by atoms with Crippen molar-refractivity contribution in [3.63, 3.8) is 0 Å². The van der Waals surface area contributed by atoms with Crippen LogP contribution in [-0.2, 0) is 18.9 Å². The summed E-state index contributed by atoms with van der Waals surface area (Å²) in [6.45, 7) is 3.04. The van der Waals surface area contributed by atoms with Crippen molar-refractivity contribution in [3.8, 4) is 11.9 Å². The summed E-state index contributed by atoms with van der Waals surface area (Å²) in [5, 5.41) is 8.24. The van der Waals surface area contributed by atoms with Crippen LogP contribution in [0.15, 0.2) is 29.0 Å². The average Bonchev–Trinajstić information content (AvgIpc) is 2.71. The van der Waals surface area contributed by atoms with Crippen LogP contribution in [-0.4, -0.2) is 41.7 Å². The molecule has 0 aromatic heterocycles. The van der Waals surface area contributed by atoms with E-state index in [9.17, 15) is 14.4 Å². The molecule has 0 bridgehead atoms. The van der Waals surface area contributed by atoms with E-state index in [4.69, 9.17) is 16.6 Å². The van der Waals surface area contributed by atoms with Gasteiger partial charge >= 0.3 is 124 Å². The van der Waals surface area contributed by atoms with Crippen molar-refractivity contribution >= 4 is 61.8 Å². The van der Waals surface area contributed by atoms with Gasteiger partial charge in [0.05, 0.1) is 9.47 Å². The number of carbonyl (C=O) groups is 3. The van der Waals surface area contributed by atoms with E-state index in [2.05, 4.69) is 31.3 Å². The normalized spacial score (nSPS) is 12.5. The molecule has 2 atom stereocenters. The molecule has 1 amide bonds. The number of esters is 1. The summed E-state index contributed by atoms with van der Waals surface area (Å²) in [4.78, 5) is 36.4. The Morgan fingerprint density at radius 2 is 2.00 bits per heavy atom. The monoisotopic (exact) mass is 484 g/mol. The fraction of sp³-hybridized carbons (Fsp3) is 0.333. The fourth-order valence-electron chi connectivity index (χ4n) is 2.24. The van der Waals surface area contributed by atoms with Crippen LogP contribution in [0.2, 0.25) is 0 Å². The third-order valence-corrected chi connectivity index (χ3v) is 4.83. The zero-order valence-electron chi connectivity index (χ0n) is 17.1. The topological polar surface area (TPSA) is 144 Å². The maximum atomic E-state index is 12.5. The molecule has 0 saturated heterocycles. The van der Waals surface area contributed by atoms with Gasteiger partial charge in [0.2, 0.25) is 0 Å². The van der Waals surface area contributed by atoms with Gasteiger partial charge in [-0.25, -0.2) is 0 Å². The van der Waals surface area contributed by atoms with E-state index in [1.807, 2.05) is 9.47 Å². The zero-order valence-corrected chi connectivity index (χ0v) is 20.1. The van der Waals surface area contributed by atoms with Gasteiger partial charge < -0.3 is 4.52 Å². The molecule has 0 fully saturated rings. The summed E-state index contributed by atoms with van der Waals surface area (Å²) in [6, 6.07) is 5.73. The molecule has 0 aliphatic carbocycles. The molecule has 2 unspecified atom stereocenters. The van der Waals surface area contributed by atoms with Gasteiger partial charge in [-0.15, -0.1) is 0 Å². The number of nitrogens with zero attached hydrogens (tertiary/aromatic N) is 1. The number of hydrogen-bond acceptors (Lipinski definition) is 7. The van der Waals surface area contributed by atoms with E-state index in [0.717, 1.165) is 0 Å². The fourth-order valence-corrected chi connectivity index (χ4v) is 3.03. The molecule has 0 aliphatic heterocycles. The maximum absolute atomic E-state index is 12.5. The van der Waals surface area contributed by atoms with Gasteiger partial charge in [-0.3, -0.25) is 14.7 Å². The second kappa shape index (κ2) is 13.2. The first-order valence-corrected chi connectivity index (χ1v) is 11.3. The first kappa shape index (κ1) is 26.7. The number of nitrogens with two attached hydrogens (primary N) is 1. The number of benzene rings is 1. The van der Waals surface area contributed by atoms with Crippen LogP contribution in [0.4, 0.5) is 5.69 Å². The van der Waals surface area contributed by atoms with Gasteiger partial charge in [0, 0.05) is 6.42 Å². The summed E-state index contributed by atoms with van der Waals surface area (Å²) in [7, 11) is 2.68. The summed E-state index contributed by atoms with van der Waals surface area (Å²) >= 11 is 0. The van der Waals surface area contributed by atoms with Gasteiger partial charge in [0.25, 0.3) is 0 Å². The Balaban J connectivity index is 2.64. The van der Waals surface area contributed by atoms with Gasteiger partial charge in [0.1, 0.15) is 6.04 Å². The Morgan fingerprint density at radius 1 is 1.35 bits per heavy atom. The molecule has 0 heterocycles. The van der Waals surface area contributed by atoms with Crippen LogP contribution < -0.4 is 26.2 Å². The van der Waals surface area contributed by atoms with Crippen molar-refractivity contribution in [2.45, 2.75) is 38.3 Å². The van der Waals surface area contributed by atoms with E-state index in [-0.39, 0.29) is 32.7 Å². The number of rotatable bonds is 10. The van der Waals surface area contributed by atoms with Crippen molar-refractivity contribution < 1.29 is 23.6 Å². The predicted molar refractivity (Wildman–Crippen MR) is 127 cm³/mol. The molecular weight excluding hydrogens is 459 g/mol. The summed E-state index contributed by atoms with van der Waals surface area (Å²) in [6.07, 6.45) is 9.01. The summed E-state index contributed by atoms with van der Waals surface area (Å²) < 4.78 is 13.7. The minimum absolute atomic E-state index is 0.00473. The number of ether oxygens (including phenoxy) is 1. The van der Waals surface area contributed by atoms with Crippen LogP contribution >= 0.6 is 26.0 Å². The SMILES string of the molecule is C#[P+]N=C(N)Nc1ccc(OC(=O)C(C)(C)NC(=O)CCC(NP=C)C(=O)OP)cc1. The molecule has 0 aliphatic rings. The van der Waals surface area contributed by atoms with E-state index in [0.29, 0.717) is 14.0 Å². The van der Waals surface area contributed by atoms with E-state index in [1.165, 1.54) is 13.8 Å². The standard InChI is InChI=1S/C18H24N5O5P3/c1-18(2,21-14(24)10-9-13(22-30-3)15(25)28-29)16(26)27-12-7-5-11(6-8-12)20-17(19)23-31-4/h4-8,13,22H,3,9-10,29H2,1-2H3,(H3-,19,20,21,23,24)/p+1. The molecule has 0 spiro atoms. The molecule has 31 heavy (non-hydrogen) atoms. The van der Waals surface area contributed by atoms with E-state index in [1.54, 1.807) is 24.3 Å². The van der Waals surface area contributed by atoms with Crippen molar-refractivity contribution in [1.82, 2.24) is 10.4 Å². The molecule has 13 heteroatoms. The first-order chi connectivity index (χ1) is 14.6. The van der Waals surface area contributed by atoms with Gasteiger partial charge in [-0.05, 0) is 14.8 Å². The third-order valence-electron chi connectivity index (χ3n) is 3.77. The number of anilines is 1. The molecule has 5 N–H and O–H groups in total. The molecule has 1 aromatic rings. The Hall–Kier alpha value is -2.33. The van der Waals surface area contributed by atoms with Crippen molar-refractivity contribution in [2.75, 3.05) is 5.32 Å². The predicted octanol–water partition coefficient (Wildman–Crippen LogP) is 2.03. The number of guanidine groups is 1. The van der Waals surface area contributed by atoms with Crippen LogP contribution in [0.25, 0.3) is 0 Å². The first-order valence-electron chi connectivity index (χ1n) is 8.88. The van der Waals surface area contributed by atoms with Gasteiger partial charge in [-0.1, -0.05) is 6.30 Å². The van der Waals surface area contributed by atoms with Crippen molar-refractivity contribution in [1.29, 1.82) is 0 Å².